The normalized spacial score (nSPS) is 14.3. The minimum Gasteiger partial charge on any atom is -0.381 e. The van der Waals surface area contributed by atoms with Crippen LogP contribution in [0.4, 0.5) is 0 Å². The average Bonchev–Trinajstić information content (AvgIpc) is 3.34. The van der Waals surface area contributed by atoms with Crippen LogP contribution in [0.15, 0.2) is 30.5 Å². The molecule has 2 aromatic rings. The number of para-hydroxylation sites is 2. The van der Waals surface area contributed by atoms with Gasteiger partial charge in [-0.05, 0) is 37.3 Å². The van der Waals surface area contributed by atoms with E-state index in [1.165, 1.54) is 19.0 Å². The van der Waals surface area contributed by atoms with Gasteiger partial charge >= 0.3 is 0 Å². The highest BCUT2D eigenvalue weighted by molar-refractivity contribution is 5.93. The minimum atomic E-state index is -0.185. The molecule has 1 heterocycles. The third-order valence-electron chi connectivity index (χ3n) is 3.48. The van der Waals surface area contributed by atoms with Gasteiger partial charge < -0.3 is 10.1 Å². The molecule has 21 heavy (non-hydrogen) atoms. The molecular weight excluding hydrogens is 266 g/mol. The van der Waals surface area contributed by atoms with Crippen LogP contribution in [-0.2, 0) is 4.74 Å². The summed E-state index contributed by atoms with van der Waals surface area (Å²) < 4.78 is 5.52. The molecule has 1 aromatic carbocycles. The summed E-state index contributed by atoms with van der Waals surface area (Å²) in [5.41, 5.74) is 1.88. The van der Waals surface area contributed by atoms with Gasteiger partial charge in [-0.3, -0.25) is 9.78 Å². The Kier molecular flexibility index (Phi) is 4.40. The third-order valence-corrected chi connectivity index (χ3v) is 3.48. The number of carbonyl (C=O) groups excluding carboxylic acids is 1. The van der Waals surface area contributed by atoms with Crippen LogP contribution in [0.1, 0.15) is 29.8 Å². The van der Waals surface area contributed by atoms with Crippen molar-refractivity contribution in [1.82, 2.24) is 15.3 Å². The second kappa shape index (κ2) is 6.63. The van der Waals surface area contributed by atoms with Crippen molar-refractivity contribution in [1.29, 1.82) is 0 Å². The SMILES string of the molecule is O=C(NCCCOCC1CC1)c1cnc2ccccc2n1. The Balaban J connectivity index is 1.44. The van der Waals surface area contributed by atoms with Gasteiger partial charge in [0, 0.05) is 19.8 Å². The van der Waals surface area contributed by atoms with Crippen LogP contribution >= 0.6 is 0 Å². The van der Waals surface area contributed by atoms with Crippen molar-refractivity contribution >= 4 is 16.9 Å². The van der Waals surface area contributed by atoms with Gasteiger partial charge in [-0.15, -0.1) is 0 Å². The fraction of sp³-hybridized carbons (Fsp3) is 0.438. The number of carbonyl (C=O) groups is 1. The lowest BCUT2D eigenvalue weighted by Crippen LogP contribution is -2.26. The number of amides is 1. The number of rotatable bonds is 7. The zero-order valence-corrected chi connectivity index (χ0v) is 11.9. The molecule has 0 radical (unpaired) electrons. The van der Waals surface area contributed by atoms with Crippen LogP contribution < -0.4 is 5.32 Å². The Morgan fingerprint density at radius 3 is 2.90 bits per heavy atom. The van der Waals surface area contributed by atoms with Crippen LogP contribution in [0.2, 0.25) is 0 Å². The first-order valence-corrected chi connectivity index (χ1v) is 7.40. The predicted octanol–water partition coefficient (Wildman–Crippen LogP) is 2.18. The van der Waals surface area contributed by atoms with Gasteiger partial charge in [-0.1, -0.05) is 12.1 Å². The molecule has 0 aliphatic heterocycles. The van der Waals surface area contributed by atoms with E-state index in [9.17, 15) is 4.79 Å². The van der Waals surface area contributed by atoms with Gasteiger partial charge in [0.05, 0.1) is 17.2 Å². The van der Waals surface area contributed by atoms with E-state index < -0.39 is 0 Å². The van der Waals surface area contributed by atoms with E-state index in [2.05, 4.69) is 15.3 Å². The maximum atomic E-state index is 12.0. The number of ether oxygens (including phenoxy) is 1. The molecule has 110 valence electrons. The Labute approximate surface area is 123 Å². The highest BCUT2D eigenvalue weighted by Gasteiger charge is 2.20. The topological polar surface area (TPSA) is 64.1 Å². The molecule has 1 saturated carbocycles. The van der Waals surface area contributed by atoms with E-state index in [0.29, 0.717) is 18.8 Å². The van der Waals surface area contributed by atoms with Gasteiger partial charge in [0.1, 0.15) is 5.69 Å². The zero-order chi connectivity index (χ0) is 14.5. The molecule has 1 aromatic heterocycles. The first-order chi connectivity index (χ1) is 10.3. The lowest BCUT2D eigenvalue weighted by atomic mass is 10.3. The molecule has 5 heteroatoms. The van der Waals surface area contributed by atoms with E-state index in [-0.39, 0.29) is 5.91 Å². The highest BCUT2D eigenvalue weighted by Crippen LogP contribution is 2.28. The average molecular weight is 285 g/mol. The molecule has 5 nitrogen and oxygen atoms in total. The van der Waals surface area contributed by atoms with E-state index in [1.807, 2.05) is 24.3 Å². The smallest absolute Gasteiger partial charge is 0.271 e. The summed E-state index contributed by atoms with van der Waals surface area (Å²) >= 11 is 0. The fourth-order valence-corrected chi connectivity index (χ4v) is 2.07. The number of nitrogens with one attached hydrogen (secondary N) is 1. The van der Waals surface area contributed by atoms with Crippen molar-refractivity contribution in [3.05, 3.63) is 36.2 Å². The molecule has 1 fully saturated rings. The molecule has 0 spiro atoms. The van der Waals surface area contributed by atoms with E-state index in [4.69, 9.17) is 4.74 Å². The Morgan fingerprint density at radius 1 is 1.29 bits per heavy atom. The first kappa shape index (κ1) is 13.9. The lowest BCUT2D eigenvalue weighted by Gasteiger charge is -2.06. The van der Waals surface area contributed by atoms with Crippen LogP contribution in [0.3, 0.4) is 0 Å². The summed E-state index contributed by atoms with van der Waals surface area (Å²) in [4.78, 5) is 20.5. The Morgan fingerprint density at radius 2 is 2.10 bits per heavy atom. The minimum absolute atomic E-state index is 0.185. The fourth-order valence-electron chi connectivity index (χ4n) is 2.07. The Hall–Kier alpha value is -2.01. The number of nitrogens with zero attached hydrogens (tertiary/aromatic N) is 2. The van der Waals surface area contributed by atoms with E-state index in [0.717, 1.165) is 30.0 Å². The standard InChI is InChI=1S/C16H19N3O2/c20-16(17-8-3-9-21-11-12-6-7-12)15-10-18-13-4-1-2-5-14(13)19-15/h1-2,4-5,10,12H,3,6-9,11H2,(H,17,20). The third kappa shape index (κ3) is 3.98. The first-order valence-electron chi connectivity index (χ1n) is 7.40. The summed E-state index contributed by atoms with van der Waals surface area (Å²) in [6.45, 7) is 2.16. The summed E-state index contributed by atoms with van der Waals surface area (Å²) in [6.07, 6.45) is 4.94. The molecule has 0 saturated heterocycles. The molecule has 1 aliphatic rings. The molecule has 0 atom stereocenters. The molecule has 1 aliphatic carbocycles. The zero-order valence-electron chi connectivity index (χ0n) is 11.9. The predicted molar refractivity (Wildman–Crippen MR) is 80.0 cm³/mol. The van der Waals surface area contributed by atoms with Gasteiger partial charge in [0.25, 0.3) is 5.91 Å². The Bertz CT molecular complexity index is 626. The monoisotopic (exact) mass is 285 g/mol. The van der Waals surface area contributed by atoms with Crippen molar-refractivity contribution in [2.75, 3.05) is 19.8 Å². The molecule has 0 unspecified atom stereocenters. The molecular formula is C16H19N3O2. The van der Waals surface area contributed by atoms with Gasteiger partial charge in [0.2, 0.25) is 0 Å². The summed E-state index contributed by atoms with van der Waals surface area (Å²) in [5, 5.41) is 2.85. The van der Waals surface area contributed by atoms with Gasteiger partial charge in [0.15, 0.2) is 0 Å². The largest absolute Gasteiger partial charge is 0.381 e. The quantitative estimate of drug-likeness (QED) is 0.792. The number of benzene rings is 1. The lowest BCUT2D eigenvalue weighted by molar-refractivity contribution is 0.0932. The van der Waals surface area contributed by atoms with Crippen molar-refractivity contribution in [2.24, 2.45) is 5.92 Å². The summed E-state index contributed by atoms with van der Waals surface area (Å²) in [7, 11) is 0. The van der Waals surface area contributed by atoms with Crippen LogP contribution in [0, 0.1) is 5.92 Å². The van der Waals surface area contributed by atoms with Gasteiger partial charge in [-0.25, -0.2) is 4.98 Å². The molecule has 1 N–H and O–H groups in total. The van der Waals surface area contributed by atoms with Crippen molar-refractivity contribution < 1.29 is 9.53 Å². The molecule has 0 bridgehead atoms. The molecule has 3 rings (SSSR count). The number of hydrogen-bond acceptors (Lipinski definition) is 4. The maximum absolute atomic E-state index is 12.0. The van der Waals surface area contributed by atoms with E-state index in [1.54, 1.807) is 0 Å². The van der Waals surface area contributed by atoms with Crippen LogP contribution in [0.5, 0.6) is 0 Å². The van der Waals surface area contributed by atoms with E-state index >= 15 is 0 Å². The van der Waals surface area contributed by atoms with Crippen molar-refractivity contribution in [3.63, 3.8) is 0 Å². The number of hydrogen-bond donors (Lipinski definition) is 1. The summed E-state index contributed by atoms with van der Waals surface area (Å²) in [6, 6.07) is 7.51. The second-order valence-corrected chi connectivity index (χ2v) is 5.37. The van der Waals surface area contributed by atoms with Gasteiger partial charge in [-0.2, -0.15) is 0 Å². The second-order valence-electron chi connectivity index (χ2n) is 5.37. The highest BCUT2D eigenvalue weighted by atomic mass is 16.5. The number of fused-ring (bicyclic) bond motifs is 1. The molecule has 1 amide bonds. The number of aromatic nitrogens is 2. The maximum Gasteiger partial charge on any atom is 0.271 e. The summed E-state index contributed by atoms with van der Waals surface area (Å²) in [5.74, 6) is 0.600. The van der Waals surface area contributed by atoms with Crippen LogP contribution in [0.25, 0.3) is 11.0 Å². The van der Waals surface area contributed by atoms with Crippen molar-refractivity contribution in [2.45, 2.75) is 19.3 Å². The van der Waals surface area contributed by atoms with Crippen LogP contribution in [-0.4, -0.2) is 35.6 Å². The van der Waals surface area contributed by atoms with Crippen molar-refractivity contribution in [3.8, 4) is 0 Å².